The van der Waals surface area contributed by atoms with E-state index in [1.807, 2.05) is 18.2 Å². The maximum Gasteiger partial charge on any atom is 0.345 e. The standard InChI is InChI=1S/C18H22N4O4/c1-21-18(24)22-9-8-13(4-6-16(22)20-21)19-17(23)7-3-12-2-5-14-15(10-12)26-11-25-14/h2,5,10,13H,3-4,6-9,11H2,1H3,(H,19,23). The molecule has 8 nitrogen and oxygen atoms in total. The van der Waals surface area contributed by atoms with Crippen molar-refractivity contribution in [3.8, 4) is 11.5 Å². The normalized spacial score (nSPS) is 18.3. The molecule has 0 saturated heterocycles. The second kappa shape index (κ2) is 6.86. The molecule has 138 valence electrons. The van der Waals surface area contributed by atoms with Gasteiger partial charge in [0.1, 0.15) is 5.82 Å². The van der Waals surface area contributed by atoms with Crippen LogP contribution >= 0.6 is 0 Å². The molecular weight excluding hydrogens is 336 g/mol. The van der Waals surface area contributed by atoms with Crippen molar-refractivity contribution in [3.05, 3.63) is 40.1 Å². The Morgan fingerprint density at radius 3 is 3.04 bits per heavy atom. The number of carbonyl (C=O) groups is 1. The zero-order valence-electron chi connectivity index (χ0n) is 14.7. The van der Waals surface area contributed by atoms with Crippen molar-refractivity contribution in [1.29, 1.82) is 0 Å². The zero-order valence-corrected chi connectivity index (χ0v) is 14.7. The van der Waals surface area contributed by atoms with Gasteiger partial charge in [-0.15, -0.1) is 0 Å². The quantitative estimate of drug-likeness (QED) is 0.872. The average molecular weight is 358 g/mol. The zero-order chi connectivity index (χ0) is 18.1. The maximum absolute atomic E-state index is 12.3. The van der Waals surface area contributed by atoms with E-state index in [1.165, 1.54) is 4.68 Å². The van der Waals surface area contributed by atoms with Crippen molar-refractivity contribution < 1.29 is 14.3 Å². The second-order valence-electron chi connectivity index (χ2n) is 6.75. The lowest BCUT2D eigenvalue weighted by molar-refractivity contribution is -0.121. The number of hydrogen-bond acceptors (Lipinski definition) is 5. The van der Waals surface area contributed by atoms with Gasteiger partial charge in [0.2, 0.25) is 12.7 Å². The monoisotopic (exact) mass is 358 g/mol. The molecule has 0 fully saturated rings. The molecule has 26 heavy (non-hydrogen) atoms. The summed E-state index contributed by atoms with van der Waals surface area (Å²) < 4.78 is 13.7. The number of amides is 1. The fourth-order valence-corrected chi connectivity index (χ4v) is 3.50. The van der Waals surface area contributed by atoms with Gasteiger partial charge in [-0.05, 0) is 37.0 Å². The third-order valence-corrected chi connectivity index (χ3v) is 4.95. The van der Waals surface area contributed by atoms with Crippen molar-refractivity contribution in [2.45, 2.75) is 44.7 Å². The predicted molar refractivity (Wildman–Crippen MR) is 93.2 cm³/mol. The number of nitrogens with zero attached hydrogens (tertiary/aromatic N) is 3. The molecule has 1 N–H and O–H groups in total. The van der Waals surface area contributed by atoms with Gasteiger partial charge in [0, 0.05) is 32.5 Å². The van der Waals surface area contributed by atoms with Crippen LogP contribution in [0.15, 0.2) is 23.0 Å². The Labute approximate surface area is 150 Å². The van der Waals surface area contributed by atoms with Crippen LogP contribution in [0.3, 0.4) is 0 Å². The van der Waals surface area contributed by atoms with Crippen LogP contribution in [0.5, 0.6) is 11.5 Å². The minimum atomic E-state index is -0.0882. The summed E-state index contributed by atoms with van der Waals surface area (Å²) in [4.78, 5) is 24.3. The summed E-state index contributed by atoms with van der Waals surface area (Å²) in [6, 6.07) is 5.84. The summed E-state index contributed by atoms with van der Waals surface area (Å²) in [5, 5.41) is 7.36. The van der Waals surface area contributed by atoms with E-state index >= 15 is 0 Å². The smallest absolute Gasteiger partial charge is 0.345 e. The summed E-state index contributed by atoms with van der Waals surface area (Å²) in [5.41, 5.74) is 0.962. The van der Waals surface area contributed by atoms with Gasteiger partial charge >= 0.3 is 5.69 Å². The minimum absolute atomic E-state index is 0.0279. The third-order valence-electron chi connectivity index (χ3n) is 4.95. The molecule has 1 amide bonds. The second-order valence-corrected chi connectivity index (χ2v) is 6.75. The van der Waals surface area contributed by atoms with Crippen molar-refractivity contribution in [1.82, 2.24) is 19.7 Å². The Hall–Kier alpha value is -2.77. The Morgan fingerprint density at radius 2 is 2.15 bits per heavy atom. The lowest BCUT2D eigenvalue weighted by Crippen LogP contribution is -2.35. The molecular formula is C18H22N4O4. The summed E-state index contributed by atoms with van der Waals surface area (Å²) in [6.45, 7) is 0.844. The topological polar surface area (TPSA) is 87.4 Å². The highest BCUT2D eigenvalue weighted by Gasteiger charge is 2.21. The van der Waals surface area contributed by atoms with Crippen LogP contribution in [0.1, 0.15) is 30.7 Å². The van der Waals surface area contributed by atoms with E-state index in [2.05, 4.69) is 10.4 Å². The first-order chi connectivity index (χ1) is 12.6. The van der Waals surface area contributed by atoms with Crippen LogP contribution in [-0.4, -0.2) is 33.1 Å². The van der Waals surface area contributed by atoms with Gasteiger partial charge in [-0.3, -0.25) is 9.36 Å². The molecule has 2 aromatic rings. The predicted octanol–water partition coefficient (Wildman–Crippen LogP) is 0.764. The van der Waals surface area contributed by atoms with Crippen LogP contribution in [0, 0.1) is 0 Å². The van der Waals surface area contributed by atoms with Crippen LogP contribution < -0.4 is 20.5 Å². The van der Waals surface area contributed by atoms with Gasteiger partial charge < -0.3 is 14.8 Å². The average Bonchev–Trinajstić information content (AvgIpc) is 3.14. The first kappa shape index (κ1) is 16.7. The highest BCUT2D eigenvalue weighted by molar-refractivity contribution is 5.76. The molecule has 0 bridgehead atoms. The number of fused-ring (bicyclic) bond motifs is 2. The van der Waals surface area contributed by atoms with Crippen LogP contribution in [-0.2, 0) is 31.2 Å². The lowest BCUT2D eigenvalue weighted by atomic mass is 10.1. The van der Waals surface area contributed by atoms with Crippen LogP contribution in [0.2, 0.25) is 0 Å². The molecule has 3 heterocycles. The highest BCUT2D eigenvalue weighted by atomic mass is 16.7. The fraction of sp³-hybridized carbons (Fsp3) is 0.500. The third kappa shape index (κ3) is 3.31. The molecule has 4 rings (SSSR count). The van der Waals surface area contributed by atoms with Gasteiger partial charge in [-0.25, -0.2) is 9.48 Å². The number of ether oxygens (including phenoxy) is 2. The van der Waals surface area contributed by atoms with E-state index < -0.39 is 0 Å². The molecule has 2 aliphatic heterocycles. The van der Waals surface area contributed by atoms with Crippen molar-refractivity contribution in [3.63, 3.8) is 0 Å². The lowest BCUT2D eigenvalue weighted by Gasteiger charge is -2.16. The first-order valence-corrected chi connectivity index (χ1v) is 8.91. The molecule has 1 aromatic carbocycles. The Morgan fingerprint density at radius 1 is 1.31 bits per heavy atom. The van der Waals surface area contributed by atoms with Crippen LogP contribution in [0.4, 0.5) is 0 Å². The van der Waals surface area contributed by atoms with Gasteiger partial charge in [-0.1, -0.05) is 6.07 Å². The van der Waals surface area contributed by atoms with Gasteiger partial charge in [0.25, 0.3) is 0 Å². The van der Waals surface area contributed by atoms with E-state index in [9.17, 15) is 9.59 Å². The molecule has 0 radical (unpaired) electrons. The van der Waals surface area contributed by atoms with Crippen molar-refractivity contribution in [2.75, 3.05) is 6.79 Å². The Balaban J connectivity index is 1.29. The van der Waals surface area contributed by atoms with Gasteiger partial charge in [0.15, 0.2) is 11.5 Å². The number of nitrogens with one attached hydrogen (secondary N) is 1. The van der Waals surface area contributed by atoms with E-state index in [4.69, 9.17) is 9.47 Å². The molecule has 1 aromatic heterocycles. The number of aromatic nitrogens is 3. The molecule has 1 unspecified atom stereocenters. The maximum atomic E-state index is 12.3. The number of carbonyl (C=O) groups excluding carboxylic acids is 1. The van der Waals surface area contributed by atoms with Gasteiger partial charge in [0.05, 0.1) is 0 Å². The molecule has 0 aliphatic carbocycles. The summed E-state index contributed by atoms with van der Waals surface area (Å²) in [6.07, 6.45) is 3.31. The number of hydrogen-bond donors (Lipinski definition) is 1. The van der Waals surface area contributed by atoms with E-state index in [0.29, 0.717) is 25.8 Å². The molecule has 8 heteroatoms. The molecule has 2 aliphatic rings. The summed E-state index contributed by atoms with van der Waals surface area (Å²) in [7, 11) is 1.67. The number of rotatable bonds is 4. The number of aryl methyl sites for hydroxylation is 3. The summed E-state index contributed by atoms with van der Waals surface area (Å²) >= 11 is 0. The largest absolute Gasteiger partial charge is 0.454 e. The van der Waals surface area contributed by atoms with Crippen molar-refractivity contribution >= 4 is 5.91 Å². The Kier molecular flexibility index (Phi) is 4.40. The first-order valence-electron chi connectivity index (χ1n) is 8.91. The van der Waals surface area contributed by atoms with E-state index in [0.717, 1.165) is 35.7 Å². The fourth-order valence-electron chi connectivity index (χ4n) is 3.50. The highest BCUT2D eigenvalue weighted by Crippen LogP contribution is 2.32. The molecule has 1 atom stereocenters. The Bertz CT molecular complexity index is 886. The van der Waals surface area contributed by atoms with Gasteiger partial charge in [-0.2, -0.15) is 5.10 Å². The molecule has 0 saturated carbocycles. The van der Waals surface area contributed by atoms with Crippen molar-refractivity contribution in [2.24, 2.45) is 7.05 Å². The molecule has 0 spiro atoms. The van der Waals surface area contributed by atoms with Crippen LogP contribution in [0.25, 0.3) is 0 Å². The SMILES string of the molecule is Cn1nc2n(c1=O)CCC(NC(=O)CCc1ccc3c(c1)OCO3)CC2. The minimum Gasteiger partial charge on any atom is -0.454 e. The number of benzene rings is 1. The summed E-state index contributed by atoms with van der Waals surface area (Å²) in [5.74, 6) is 2.32. The van der Waals surface area contributed by atoms with E-state index in [1.54, 1.807) is 11.6 Å². The van der Waals surface area contributed by atoms with E-state index in [-0.39, 0.29) is 24.4 Å².